The Morgan fingerprint density at radius 3 is 2.89 bits per heavy atom. The molecule has 0 aromatic heterocycles. The van der Waals surface area contributed by atoms with Crippen LogP contribution in [-0.4, -0.2) is 22.7 Å². The summed E-state index contributed by atoms with van der Waals surface area (Å²) in [6.45, 7) is 1.65. The van der Waals surface area contributed by atoms with Gasteiger partial charge >= 0.3 is 5.97 Å². The van der Waals surface area contributed by atoms with Gasteiger partial charge in [0.15, 0.2) is 0 Å². The number of anilines is 1. The topological polar surface area (TPSA) is 70.0 Å². The number of hydrogen-bond acceptors (Lipinski definition) is 3. The zero-order valence-corrected chi connectivity index (χ0v) is 10.4. The van der Waals surface area contributed by atoms with Crippen LogP contribution in [0.1, 0.15) is 13.3 Å². The molecule has 1 aliphatic heterocycles. The number of carbonyl (C=O) groups excluding carboxylic acids is 1. The summed E-state index contributed by atoms with van der Waals surface area (Å²) in [7, 11) is 0. The molecule has 0 fully saturated rings. The maximum atomic E-state index is 12.1. The van der Waals surface area contributed by atoms with Gasteiger partial charge in [-0.05, 0) is 25.1 Å². The molecule has 5 nitrogen and oxygen atoms in total. The van der Waals surface area contributed by atoms with Crippen molar-refractivity contribution in [1.29, 1.82) is 0 Å². The lowest BCUT2D eigenvalue weighted by atomic mass is 10.0. The summed E-state index contributed by atoms with van der Waals surface area (Å²) in [5.41, 5.74) is 1.04. The molecule has 1 aliphatic rings. The Morgan fingerprint density at radius 1 is 1.56 bits per heavy atom. The van der Waals surface area contributed by atoms with E-state index in [1.165, 1.54) is 5.01 Å². The summed E-state index contributed by atoms with van der Waals surface area (Å²) in [6, 6.07) is 6.71. The van der Waals surface area contributed by atoms with Gasteiger partial charge in [-0.2, -0.15) is 5.10 Å². The van der Waals surface area contributed by atoms with Gasteiger partial charge in [-0.1, -0.05) is 17.7 Å². The second-order valence-electron chi connectivity index (χ2n) is 4.02. The van der Waals surface area contributed by atoms with Crippen molar-refractivity contribution < 1.29 is 14.7 Å². The normalized spacial score (nSPS) is 19.0. The van der Waals surface area contributed by atoms with E-state index in [1.54, 1.807) is 31.2 Å². The molecular formula is C12H11ClN2O3. The Kier molecular flexibility index (Phi) is 3.34. The van der Waals surface area contributed by atoms with E-state index in [0.717, 1.165) is 0 Å². The smallest absolute Gasteiger partial charge is 0.304 e. The summed E-state index contributed by atoms with van der Waals surface area (Å²) in [4.78, 5) is 22.8. The highest BCUT2D eigenvalue weighted by molar-refractivity contribution is 6.31. The minimum atomic E-state index is -1.02. The number of halogens is 1. The average Bonchev–Trinajstić information content (AvgIpc) is 2.56. The quantitative estimate of drug-likeness (QED) is 0.911. The van der Waals surface area contributed by atoms with Crippen LogP contribution < -0.4 is 5.01 Å². The van der Waals surface area contributed by atoms with Crippen LogP contribution in [-0.2, 0) is 9.59 Å². The van der Waals surface area contributed by atoms with Crippen LogP contribution >= 0.6 is 11.6 Å². The van der Waals surface area contributed by atoms with Gasteiger partial charge in [-0.15, -0.1) is 0 Å². The van der Waals surface area contributed by atoms with E-state index in [1.807, 2.05) is 0 Å². The zero-order valence-electron chi connectivity index (χ0n) is 9.63. The molecule has 0 radical (unpaired) electrons. The highest BCUT2D eigenvalue weighted by Crippen LogP contribution is 2.27. The highest BCUT2D eigenvalue weighted by Gasteiger charge is 2.35. The number of hydrogen-bond donors (Lipinski definition) is 1. The van der Waals surface area contributed by atoms with Gasteiger partial charge in [-0.25, -0.2) is 5.01 Å². The SMILES string of the molecule is CC1=NN(c2cccc(Cl)c2)C(=O)C1CC(=O)O. The van der Waals surface area contributed by atoms with Crippen molar-refractivity contribution in [2.45, 2.75) is 13.3 Å². The van der Waals surface area contributed by atoms with Crippen molar-refractivity contribution in [2.75, 3.05) is 5.01 Å². The standard InChI is InChI=1S/C12H11ClN2O3/c1-7-10(6-11(16)17)12(18)15(14-7)9-4-2-3-8(13)5-9/h2-5,10H,6H2,1H3,(H,16,17). The molecule has 0 aliphatic carbocycles. The van der Waals surface area contributed by atoms with Crippen molar-refractivity contribution in [3.63, 3.8) is 0 Å². The number of carbonyl (C=O) groups is 2. The maximum absolute atomic E-state index is 12.1. The third-order valence-electron chi connectivity index (χ3n) is 2.70. The fraction of sp³-hybridized carbons (Fsp3) is 0.250. The van der Waals surface area contributed by atoms with Crippen LogP contribution in [0.4, 0.5) is 5.69 Å². The molecule has 1 heterocycles. The number of hydrazone groups is 1. The van der Waals surface area contributed by atoms with Gasteiger partial charge in [0, 0.05) is 10.7 Å². The van der Waals surface area contributed by atoms with Crippen molar-refractivity contribution in [3.05, 3.63) is 29.3 Å². The molecule has 18 heavy (non-hydrogen) atoms. The van der Waals surface area contributed by atoms with Crippen molar-refractivity contribution in [2.24, 2.45) is 11.0 Å². The van der Waals surface area contributed by atoms with E-state index >= 15 is 0 Å². The Hall–Kier alpha value is -1.88. The molecule has 6 heteroatoms. The largest absolute Gasteiger partial charge is 0.481 e. The molecule has 1 aromatic rings. The molecule has 94 valence electrons. The van der Waals surface area contributed by atoms with Gasteiger partial charge in [0.2, 0.25) is 0 Å². The van der Waals surface area contributed by atoms with Crippen LogP contribution in [0.15, 0.2) is 29.4 Å². The first-order valence-corrected chi connectivity index (χ1v) is 5.73. The Morgan fingerprint density at radius 2 is 2.28 bits per heavy atom. The second kappa shape index (κ2) is 4.78. The summed E-state index contributed by atoms with van der Waals surface area (Å²) in [6.07, 6.45) is -0.245. The summed E-state index contributed by atoms with van der Waals surface area (Å²) in [5, 5.41) is 14.6. The molecule has 1 unspecified atom stereocenters. The third kappa shape index (κ3) is 2.36. The summed E-state index contributed by atoms with van der Waals surface area (Å²) >= 11 is 5.85. The molecule has 0 saturated heterocycles. The molecule has 0 saturated carbocycles. The fourth-order valence-electron chi connectivity index (χ4n) is 1.81. The van der Waals surface area contributed by atoms with Crippen LogP contribution in [0, 0.1) is 5.92 Å². The molecule has 1 aromatic carbocycles. The maximum Gasteiger partial charge on any atom is 0.304 e. The summed E-state index contributed by atoms with van der Waals surface area (Å²) < 4.78 is 0. The first kappa shape index (κ1) is 12.6. The van der Waals surface area contributed by atoms with E-state index in [4.69, 9.17) is 16.7 Å². The monoisotopic (exact) mass is 266 g/mol. The Labute approximate surface area is 109 Å². The number of aliphatic carboxylic acids is 1. The average molecular weight is 267 g/mol. The van der Waals surface area contributed by atoms with E-state index in [-0.39, 0.29) is 12.3 Å². The predicted molar refractivity (Wildman–Crippen MR) is 67.8 cm³/mol. The molecule has 0 spiro atoms. The minimum absolute atomic E-state index is 0.245. The number of benzene rings is 1. The van der Waals surface area contributed by atoms with E-state index in [0.29, 0.717) is 16.4 Å². The van der Waals surface area contributed by atoms with Gasteiger partial charge in [0.05, 0.1) is 18.0 Å². The summed E-state index contributed by atoms with van der Waals surface area (Å²) in [5.74, 6) is -2.05. The highest BCUT2D eigenvalue weighted by atomic mass is 35.5. The molecule has 1 N–H and O–H groups in total. The van der Waals surface area contributed by atoms with E-state index in [2.05, 4.69) is 5.10 Å². The number of carboxylic acid groups (broad SMARTS) is 1. The van der Waals surface area contributed by atoms with Gasteiger partial charge < -0.3 is 5.11 Å². The van der Waals surface area contributed by atoms with Crippen LogP contribution in [0.5, 0.6) is 0 Å². The van der Waals surface area contributed by atoms with E-state index < -0.39 is 11.9 Å². The third-order valence-corrected chi connectivity index (χ3v) is 2.94. The number of nitrogens with zero attached hydrogens (tertiary/aromatic N) is 2. The van der Waals surface area contributed by atoms with Gasteiger partial charge in [0.25, 0.3) is 5.91 Å². The Bertz CT molecular complexity index is 542. The van der Waals surface area contributed by atoms with Crippen molar-refractivity contribution >= 4 is 34.9 Å². The molecule has 0 bridgehead atoms. The molecule has 2 rings (SSSR count). The number of rotatable bonds is 3. The minimum Gasteiger partial charge on any atom is -0.481 e. The van der Waals surface area contributed by atoms with Crippen molar-refractivity contribution in [3.8, 4) is 0 Å². The number of amides is 1. The lowest BCUT2D eigenvalue weighted by Gasteiger charge is -2.13. The molecular weight excluding hydrogens is 256 g/mol. The van der Waals surface area contributed by atoms with E-state index in [9.17, 15) is 9.59 Å². The van der Waals surface area contributed by atoms with Crippen LogP contribution in [0.3, 0.4) is 0 Å². The van der Waals surface area contributed by atoms with Crippen LogP contribution in [0.25, 0.3) is 0 Å². The van der Waals surface area contributed by atoms with Gasteiger partial charge in [0.1, 0.15) is 0 Å². The first-order chi connectivity index (χ1) is 8.49. The molecule has 1 amide bonds. The molecule has 1 atom stereocenters. The lowest BCUT2D eigenvalue weighted by Crippen LogP contribution is -2.28. The first-order valence-electron chi connectivity index (χ1n) is 5.35. The predicted octanol–water partition coefficient (Wildman–Crippen LogP) is 2.15. The Balaban J connectivity index is 2.28. The number of carboxylic acids is 1. The fourth-order valence-corrected chi connectivity index (χ4v) is 1.99. The van der Waals surface area contributed by atoms with Gasteiger partial charge in [-0.3, -0.25) is 9.59 Å². The zero-order chi connectivity index (χ0) is 13.3. The van der Waals surface area contributed by atoms with Crippen molar-refractivity contribution in [1.82, 2.24) is 0 Å². The lowest BCUT2D eigenvalue weighted by molar-refractivity contribution is -0.139. The van der Waals surface area contributed by atoms with Crippen LogP contribution in [0.2, 0.25) is 5.02 Å². The second-order valence-corrected chi connectivity index (χ2v) is 4.46.